The zero-order valence-electron chi connectivity index (χ0n) is 15.8. The number of amides is 1. The fraction of sp³-hybridized carbons (Fsp3) is 0.286. The third-order valence-corrected chi connectivity index (χ3v) is 4.13. The van der Waals surface area contributed by atoms with E-state index in [9.17, 15) is 14.4 Å². The van der Waals surface area contributed by atoms with Gasteiger partial charge in [0.2, 0.25) is 0 Å². The van der Waals surface area contributed by atoms with Crippen molar-refractivity contribution >= 4 is 29.3 Å². The average Bonchev–Trinajstić information content (AvgIpc) is 2.67. The Morgan fingerprint density at radius 2 is 1.71 bits per heavy atom. The molecular weight excluding hydrogens is 382 g/mol. The molecule has 0 fully saturated rings. The molecule has 0 heterocycles. The van der Waals surface area contributed by atoms with Gasteiger partial charge in [-0.1, -0.05) is 11.6 Å². The fourth-order valence-corrected chi connectivity index (χ4v) is 2.55. The number of benzene rings is 2. The lowest BCUT2D eigenvalue weighted by Gasteiger charge is -2.12. The molecule has 2 aromatic carbocycles. The number of rotatable bonds is 9. The highest BCUT2D eigenvalue weighted by atomic mass is 35.5. The van der Waals surface area contributed by atoms with E-state index < -0.39 is 5.97 Å². The number of Topliss-reactive ketones (excluding diaryl/α,β-unsaturated/α-hetero) is 1. The van der Waals surface area contributed by atoms with Gasteiger partial charge in [0.25, 0.3) is 5.91 Å². The monoisotopic (exact) mass is 403 g/mol. The zero-order valence-corrected chi connectivity index (χ0v) is 16.5. The topological polar surface area (TPSA) is 81.7 Å². The summed E-state index contributed by atoms with van der Waals surface area (Å²) >= 11 is 5.78. The largest absolute Gasteiger partial charge is 0.493 e. The summed E-state index contributed by atoms with van der Waals surface area (Å²) in [5.41, 5.74) is 1.60. The number of halogens is 1. The second kappa shape index (κ2) is 10.5. The van der Waals surface area contributed by atoms with Gasteiger partial charge in [0.1, 0.15) is 12.4 Å². The van der Waals surface area contributed by atoms with Crippen LogP contribution in [0.5, 0.6) is 5.75 Å². The zero-order chi connectivity index (χ0) is 20.5. The lowest BCUT2D eigenvalue weighted by Crippen LogP contribution is -2.26. The van der Waals surface area contributed by atoms with Crippen LogP contribution in [-0.2, 0) is 16.1 Å². The molecule has 0 aliphatic rings. The lowest BCUT2D eigenvalue weighted by molar-refractivity contribution is -0.144. The van der Waals surface area contributed by atoms with Crippen LogP contribution in [0.3, 0.4) is 0 Å². The highest BCUT2D eigenvalue weighted by Crippen LogP contribution is 2.22. The molecule has 0 aromatic heterocycles. The number of carbonyl (C=O) groups is 3. The molecule has 0 saturated carbocycles. The second-order valence-corrected chi connectivity index (χ2v) is 6.42. The lowest BCUT2D eigenvalue weighted by atomic mass is 10.1. The number of hydrogen-bond acceptors (Lipinski definition) is 5. The molecule has 6 nitrogen and oxygen atoms in total. The summed E-state index contributed by atoms with van der Waals surface area (Å²) in [4.78, 5) is 35.5. The van der Waals surface area contributed by atoms with E-state index in [0.717, 1.165) is 0 Å². The van der Waals surface area contributed by atoms with E-state index in [1.807, 2.05) is 6.92 Å². The average molecular weight is 404 g/mol. The number of carbonyl (C=O) groups excluding carboxylic acids is 3. The Bertz CT molecular complexity index is 848. The summed E-state index contributed by atoms with van der Waals surface area (Å²) in [6, 6.07) is 11.5. The van der Waals surface area contributed by atoms with E-state index in [4.69, 9.17) is 21.1 Å². The SMILES string of the molecule is CCOc1ccc(C(C)=O)cc1COC(=O)CCNC(=O)c1ccc(Cl)cc1. The van der Waals surface area contributed by atoms with Crippen LogP contribution in [0.25, 0.3) is 0 Å². The van der Waals surface area contributed by atoms with Crippen molar-refractivity contribution in [1.29, 1.82) is 0 Å². The first-order valence-electron chi connectivity index (χ1n) is 8.86. The molecule has 7 heteroatoms. The molecule has 2 rings (SSSR count). The summed E-state index contributed by atoms with van der Waals surface area (Å²) in [6.07, 6.45) is 0.0235. The minimum atomic E-state index is -0.466. The fourth-order valence-electron chi connectivity index (χ4n) is 2.42. The van der Waals surface area contributed by atoms with Gasteiger partial charge in [-0.2, -0.15) is 0 Å². The molecule has 0 saturated heterocycles. The van der Waals surface area contributed by atoms with Crippen molar-refractivity contribution in [1.82, 2.24) is 5.32 Å². The molecule has 0 radical (unpaired) electrons. The van der Waals surface area contributed by atoms with Crippen LogP contribution in [-0.4, -0.2) is 30.8 Å². The van der Waals surface area contributed by atoms with Gasteiger partial charge in [-0.15, -0.1) is 0 Å². The molecule has 0 bridgehead atoms. The first-order chi connectivity index (χ1) is 13.4. The molecule has 1 N–H and O–H groups in total. The Hall–Kier alpha value is -2.86. The van der Waals surface area contributed by atoms with Crippen LogP contribution in [0.1, 0.15) is 46.5 Å². The Labute approximate surface area is 168 Å². The molecule has 0 spiro atoms. The molecule has 0 unspecified atom stereocenters. The second-order valence-electron chi connectivity index (χ2n) is 5.99. The number of ether oxygens (including phenoxy) is 2. The molecule has 2 aromatic rings. The quantitative estimate of drug-likeness (QED) is 0.508. The highest BCUT2D eigenvalue weighted by molar-refractivity contribution is 6.30. The molecule has 1 amide bonds. The predicted octanol–water partition coefficient (Wildman–Crippen LogP) is 3.80. The van der Waals surface area contributed by atoms with Crippen molar-refractivity contribution < 1.29 is 23.9 Å². The normalized spacial score (nSPS) is 10.2. The van der Waals surface area contributed by atoms with Gasteiger partial charge in [-0.05, 0) is 56.3 Å². The molecule has 28 heavy (non-hydrogen) atoms. The molecule has 0 aliphatic heterocycles. The van der Waals surface area contributed by atoms with Crippen LogP contribution in [0.4, 0.5) is 0 Å². The van der Waals surface area contributed by atoms with Gasteiger partial charge in [-0.25, -0.2) is 0 Å². The number of esters is 1. The number of hydrogen-bond donors (Lipinski definition) is 1. The van der Waals surface area contributed by atoms with E-state index in [1.165, 1.54) is 6.92 Å². The Morgan fingerprint density at radius 1 is 1.04 bits per heavy atom. The number of nitrogens with one attached hydrogen (secondary N) is 1. The van der Waals surface area contributed by atoms with Crippen LogP contribution in [0.2, 0.25) is 5.02 Å². The van der Waals surface area contributed by atoms with Crippen molar-refractivity contribution in [2.45, 2.75) is 26.9 Å². The number of ketones is 1. The summed E-state index contributed by atoms with van der Waals surface area (Å²) in [7, 11) is 0. The van der Waals surface area contributed by atoms with Gasteiger partial charge in [-0.3, -0.25) is 14.4 Å². The van der Waals surface area contributed by atoms with Crippen molar-refractivity contribution in [3.05, 3.63) is 64.2 Å². The van der Waals surface area contributed by atoms with E-state index in [2.05, 4.69) is 5.32 Å². The maximum Gasteiger partial charge on any atom is 0.307 e. The third kappa shape index (κ3) is 6.39. The van der Waals surface area contributed by atoms with Crippen LogP contribution in [0, 0.1) is 0 Å². The Morgan fingerprint density at radius 3 is 2.36 bits per heavy atom. The summed E-state index contributed by atoms with van der Waals surface area (Å²) in [6.45, 7) is 3.90. The van der Waals surface area contributed by atoms with Gasteiger partial charge >= 0.3 is 5.97 Å². The van der Waals surface area contributed by atoms with Crippen LogP contribution in [0.15, 0.2) is 42.5 Å². The summed E-state index contributed by atoms with van der Waals surface area (Å²) in [5.74, 6) is -0.277. The van der Waals surface area contributed by atoms with E-state index in [1.54, 1.807) is 42.5 Å². The molecule has 0 aliphatic carbocycles. The third-order valence-electron chi connectivity index (χ3n) is 3.88. The van der Waals surface area contributed by atoms with E-state index >= 15 is 0 Å². The maximum absolute atomic E-state index is 12.0. The Kier molecular flexibility index (Phi) is 8.02. The van der Waals surface area contributed by atoms with Gasteiger partial charge in [0.05, 0.1) is 13.0 Å². The summed E-state index contributed by atoms with van der Waals surface area (Å²) < 4.78 is 10.8. The first kappa shape index (κ1) is 21.4. The van der Waals surface area contributed by atoms with E-state index in [-0.39, 0.29) is 31.3 Å². The van der Waals surface area contributed by atoms with Gasteiger partial charge < -0.3 is 14.8 Å². The van der Waals surface area contributed by atoms with Crippen molar-refractivity contribution in [3.8, 4) is 5.75 Å². The van der Waals surface area contributed by atoms with Crippen molar-refractivity contribution in [2.24, 2.45) is 0 Å². The minimum absolute atomic E-state index is 0.0135. The molecule has 0 atom stereocenters. The maximum atomic E-state index is 12.0. The van der Waals surface area contributed by atoms with Crippen molar-refractivity contribution in [3.63, 3.8) is 0 Å². The summed E-state index contributed by atoms with van der Waals surface area (Å²) in [5, 5.41) is 3.19. The highest BCUT2D eigenvalue weighted by Gasteiger charge is 2.12. The predicted molar refractivity (Wildman–Crippen MR) is 106 cm³/mol. The molecule has 148 valence electrons. The van der Waals surface area contributed by atoms with Crippen LogP contribution >= 0.6 is 11.6 Å². The smallest absolute Gasteiger partial charge is 0.307 e. The van der Waals surface area contributed by atoms with Gasteiger partial charge in [0, 0.05) is 28.3 Å². The minimum Gasteiger partial charge on any atom is -0.493 e. The van der Waals surface area contributed by atoms with E-state index in [0.29, 0.717) is 34.1 Å². The Balaban J connectivity index is 1.85. The molecular formula is C21H22ClNO5. The first-order valence-corrected chi connectivity index (χ1v) is 9.24. The standard InChI is InChI=1S/C21H22ClNO5/c1-3-27-19-9-6-16(14(2)24)12-17(19)13-28-20(25)10-11-23-21(26)15-4-7-18(22)8-5-15/h4-9,12H,3,10-11,13H2,1-2H3,(H,23,26). The van der Waals surface area contributed by atoms with Crippen LogP contribution < -0.4 is 10.1 Å². The van der Waals surface area contributed by atoms with Crippen molar-refractivity contribution in [2.75, 3.05) is 13.2 Å². The van der Waals surface area contributed by atoms with Gasteiger partial charge in [0.15, 0.2) is 5.78 Å².